The molecule has 0 radical (unpaired) electrons. The number of carbonyl (C=O) groups is 1. The van der Waals surface area contributed by atoms with Gasteiger partial charge in [-0.2, -0.15) is 0 Å². The molecule has 0 atom stereocenters. The molecule has 0 amide bonds. The Labute approximate surface area is 78.1 Å². The van der Waals surface area contributed by atoms with Crippen LogP contribution in [0.3, 0.4) is 0 Å². The van der Waals surface area contributed by atoms with Gasteiger partial charge in [0.15, 0.2) is 6.29 Å². The Morgan fingerprint density at radius 3 is 2.77 bits per heavy atom. The molecule has 0 saturated heterocycles. The van der Waals surface area contributed by atoms with E-state index in [4.69, 9.17) is 11.6 Å². The van der Waals surface area contributed by atoms with Gasteiger partial charge in [0.1, 0.15) is 11.6 Å². The van der Waals surface area contributed by atoms with E-state index >= 15 is 0 Å². The second-order valence-electron chi connectivity index (χ2n) is 2.14. The third-order valence-corrected chi connectivity index (χ3v) is 1.81. The predicted octanol–water partition coefficient (Wildman–Crippen LogP) is 2.60. The van der Waals surface area contributed by atoms with E-state index in [0.29, 0.717) is 0 Å². The normalized spacial score (nSPS) is 9.77. The number of benzene rings is 1. The molecule has 1 rings (SSSR count). The maximum atomic E-state index is 12.8. The lowest BCUT2D eigenvalue weighted by Gasteiger charge is -2.05. The van der Waals surface area contributed by atoms with E-state index in [0.717, 1.165) is 12.1 Å². The fourth-order valence-corrected chi connectivity index (χ4v) is 1.08. The van der Waals surface area contributed by atoms with Crippen LogP contribution in [0.2, 0.25) is 5.02 Å². The quantitative estimate of drug-likeness (QED) is 0.711. The molecule has 0 heterocycles. The summed E-state index contributed by atoms with van der Waals surface area (Å²) in [5, 5.41) is -0.215. The topological polar surface area (TPSA) is 26.3 Å². The molecular formula is C8H5ClF2O2. The fourth-order valence-electron chi connectivity index (χ4n) is 0.828. The van der Waals surface area contributed by atoms with Gasteiger partial charge < -0.3 is 4.74 Å². The van der Waals surface area contributed by atoms with E-state index in [1.165, 1.54) is 0 Å². The van der Waals surface area contributed by atoms with Crippen LogP contribution < -0.4 is 4.74 Å². The van der Waals surface area contributed by atoms with Gasteiger partial charge in [0, 0.05) is 0 Å². The van der Waals surface area contributed by atoms with Gasteiger partial charge in [-0.05, 0) is 12.1 Å². The number of rotatable bonds is 3. The summed E-state index contributed by atoms with van der Waals surface area (Å²) in [6.45, 7) is -1.08. The largest absolute Gasteiger partial charge is 0.461 e. The molecule has 70 valence electrons. The summed E-state index contributed by atoms with van der Waals surface area (Å²) < 4.78 is 28.9. The standard InChI is InChI=1S/C8H5ClF2O2/c9-8-5(3-12)6(11)1-2-7(8)13-4-10/h1-3H,4H2. The summed E-state index contributed by atoms with van der Waals surface area (Å²) in [5.41, 5.74) is -0.326. The minimum Gasteiger partial charge on any atom is -0.461 e. The van der Waals surface area contributed by atoms with Gasteiger partial charge in [0.05, 0.1) is 10.6 Å². The van der Waals surface area contributed by atoms with Crippen LogP contribution in [-0.2, 0) is 0 Å². The van der Waals surface area contributed by atoms with Crippen molar-refractivity contribution >= 4 is 17.9 Å². The van der Waals surface area contributed by atoms with Gasteiger partial charge >= 0.3 is 0 Å². The van der Waals surface area contributed by atoms with Gasteiger partial charge in [-0.15, -0.1) is 0 Å². The second kappa shape index (κ2) is 4.18. The van der Waals surface area contributed by atoms with E-state index in [-0.39, 0.29) is 22.6 Å². The van der Waals surface area contributed by atoms with Crippen molar-refractivity contribution in [3.63, 3.8) is 0 Å². The van der Waals surface area contributed by atoms with Gasteiger partial charge in [-0.1, -0.05) is 11.6 Å². The molecule has 1 aromatic rings. The maximum absolute atomic E-state index is 12.8. The molecule has 0 aliphatic heterocycles. The first kappa shape index (κ1) is 9.92. The molecule has 0 aromatic heterocycles. The SMILES string of the molecule is O=Cc1c(F)ccc(OCF)c1Cl. The fraction of sp³-hybridized carbons (Fsp3) is 0.125. The van der Waals surface area contributed by atoms with Crippen molar-refractivity contribution in [3.8, 4) is 5.75 Å². The van der Waals surface area contributed by atoms with Crippen LogP contribution in [0.5, 0.6) is 5.75 Å². The van der Waals surface area contributed by atoms with E-state index in [2.05, 4.69) is 4.74 Å². The molecule has 0 bridgehead atoms. The molecule has 0 unspecified atom stereocenters. The van der Waals surface area contributed by atoms with Crippen molar-refractivity contribution in [3.05, 3.63) is 28.5 Å². The smallest absolute Gasteiger partial charge is 0.228 e. The summed E-state index contributed by atoms with van der Waals surface area (Å²) in [7, 11) is 0. The number of aldehydes is 1. The third kappa shape index (κ3) is 1.95. The highest BCUT2D eigenvalue weighted by atomic mass is 35.5. The van der Waals surface area contributed by atoms with Crippen LogP contribution in [0.25, 0.3) is 0 Å². The molecule has 0 saturated carbocycles. The lowest BCUT2D eigenvalue weighted by atomic mass is 10.2. The van der Waals surface area contributed by atoms with Gasteiger partial charge in [0.2, 0.25) is 6.86 Å². The van der Waals surface area contributed by atoms with Gasteiger partial charge in [-0.25, -0.2) is 8.78 Å². The molecular weight excluding hydrogens is 202 g/mol. The van der Waals surface area contributed by atoms with Crippen LogP contribution in [0, 0.1) is 5.82 Å². The molecule has 1 aromatic carbocycles. The highest BCUT2D eigenvalue weighted by Gasteiger charge is 2.11. The first-order valence-electron chi connectivity index (χ1n) is 3.32. The first-order valence-corrected chi connectivity index (χ1v) is 3.70. The Bertz CT molecular complexity index is 328. The van der Waals surface area contributed by atoms with E-state index in [1.54, 1.807) is 0 Å². The molecule has 0 fully saturated rings. The van der Waals surface area contributed by atoms with E-state index in [9.17, 15) is 13.6 Å². The highest BCUT2D eigenvalue weighted by molar-refractivity contribution is 6.34. The maximum Gasteiger partial charge on any atom is 0.228 e. The monoisotopic (exact) mass is 206 g/mol. The lowest BCUT2D eigenvalue weighted by molar-refractivity contribution is 0.111. The number of carbonyl (C=O) groups excluding carboxylic acids is 1. The average Bonchev–Trinajstić information content (AvgIpc) is 2.11. The lowest BCUT2D eigenvalue weighted by Crippen LogP contribution is -1.96. The molecule has 0 aliphatic carbocycles. The molecule has 0 aliphatic rings. The van der Waals surface area contributed by atoms with Crippen molar-refractivity contribution in [1.29, 1.82) is 0 Å². The van der Waals surface area contributed by atoms with Crippen molar-refractivity contribution < 1.29 is 18.3 Å². The summed E-state index contributed by atoms with van der Waals surface area (Å²) in [5.74, 6) is -0.807. The highest BCUT2D eigenvalue weighted by Crippen LogP contribution is 2.28. The molecule has 13 heavy (non-hydrogen) atoms. The summed E-state index contributed by atoms with van der Waals surface area (Å²) >= 11 is 5.53. The van der Waals surface area contributed by atoms with Crippen LogP contribution in [-0.4, -0.2) is 13.1 Å². The second-order valence-corrected chi connectivity index (χ2v) is 2.52. The molecule has 0 spiro atoms. The van der Waals surface area contributed by atoms with Gasteiger partial charge in [0.25, 0.3) is 0 Å². The predicted molar refractivity (Wildman–Crippen MR) is 43.4 cm³/mol. The Kier molecular flexibility index (Phi) is 3.19. The zero-order valence-electron chi connectivity index (χ0n) is 6.39. The zero-order chi connectivity index (χ0) is 9.84. The minimum absolute atomic E-state index is 0.0485. The Morgan fingerprint density at radius 2 is 2.23 bits per heavy atom. The minimum atomic E-state index is -1.08. The number of ether oxygens (including phenoxy) is 1. The van der Waals surface area contributed by atoms with Crippen molar-refractivity contribution in [1.82, 2.24) is 0 Å². The zero-order valence-corrected chi connectivity index (χ0v) is 7.15. The number of hydrogen-bond donors (Lipinski definition) is 0. The van der Waals surface area contributed by atoms with Crippen LogP contribution in [0.1, 0.15) is 10.4 Å². The third-order valence-electron chi connectivity index (χ3n) is 1.42. The van der Waals surface area contributed by atoms with Crippen molar-refractivity contribution in [2.75, 3.05) is 6.86 Å². The van der Waals surface area contributed by atoms with Crippen LogP contribution in [0.15, 0.2) is 12.1 Å². The van der Waals surface area contributed by atoms with Crippen LogP contribution in [0.4, 0.5) is 8.78 Å². The summed E-state index contributed by atoms with van der Waals surface area (Å²) in [6.07, 6.45) is 0.253. The van der Waals surface area contributed by atoms with Gasteiger partial charge in [-0.3, -0.25) is 4.79 Å². The Balaban J connectivity index is 3.19. The molecule has 2 nitrogen and oxygen atoms in total. The van der Waals surface area contributed by atoms with E-state index in [1.807, 2.05) is 0 Å². The number of alkyl halides is 1. The first-order chi connectivity index (χ1) is 6.20. The number of hydrogen-bond acceptors (Lipinski definition) is 2. The average molecular weight is 207 g/mol. The summed E-state index contributed by atoms with van der Waals surface area (Å²) in [6, 6.07) is 2.14. The molecule has 0 N–H and O–H groups in total. The summed E-state index contributed by atoms with van der Waals surface area (Å²) in [4.78, 5) is 10.3. The Morgan fingerprint density at radius 1 is 1.54 bits per heavy atom. The molecule has 5 heteroatoms. The van der Waals surface area contributed by atoms with Crippen molar-refractivity contribution in [2.45, 2.75) is 0 Å². The Hall–Kier alpha value is -1.16. The van der Waals surface area contributed by atoms with E-state index < -0.39 is 12.7 Å². The van der Waals surface area contributed by atoms with Crippen LogP contribution >= 0.6 is 11.6 Å². The van der Waals surface area contributed by atoms with Crippen molar-refractivity contribution in [2.24, 2.45) is 0 Å². The number of halogens is 3.